The average molecular weight is 310 g/mol. The predicted octanol–water partition coefficient (Wildman–Crippen LogP) is 4.04. The maximum absolute atomic E-state index is 9.97. The molecule has 0 amide bonds. The van der Waals surface area contributed by atoms with E-state index in [4.69, 9.17) is 9.84 Å². The van der Waals surface area contributed by atoms with Crippen LogP contribution in [0.1, 0.15) is 72.1 Å². The van der Waals surface area contributed by atoms with Gasteiger partial charge in [0, 0.05) is 0 Å². The number of allylic oxidation sites excluding steroid dienone is 1. The first-order valence-electron chi connectivity index (χ1n) is 9.11. The summed E-state index contributed by atoms with van der Waals surface area (Å²) in [6.07, 6.45) is 11.3. The van der Waals surface area contributed by atoms with E-state index in [1.54, 1.807) is 0 Å². The monoisotopic (exact) mass is 310 g/mol. The molecule has 0 heterocycles. The minimum Gasteiger partial charge on any atom is -0.393 e. The van der Waals surface area contributed by atoms with Crippen LogP contribution in [-0.4, -0.2) is 29.2 Å². The molecule has 0 bridgehead atoms. The first-order valence-corrected chi connectivity index (χ1v) is 9.11. The number of aliphatic hydroxyl groups excluding tert-OH is 2. The van der Waals surface area contributed by atoms with Crippen LogP contribution in [0, 0.1) is 17.3 Å². The van der Waals surface area contributed by atoms with E-state index >= 15 is 0 Å². The van der Waals surface area contributed by atoms with E-state index in [9.17, 15) is 5.11 Å². The van der Waals surface area contributed by atoms with Crippen molar-refractivity contribution >= 4 is 0 Å². The van der Waals surface area contributed by atoms with Crippen LogP contribution in [0.4, 0.5) is 0 Å². The van der Waals surface area contributed by atoms with Gasteiger partial charge in [-0.3, -0.25) is 0 Å². The van der Waals surface area contributed by atoms with Crippen LogP contribution >= 0.6 is 0 Å². The van der Waals surface area contributed by atoms with Gasteiger partial charge in [0.05, 0.1) is 12.2 Å². The van der Waals surface area contributed by atoms with Gasteiger partial charge in [0.1, 0.15) is 6.79 Å². The Morgan fingerprint density at radius 3 is 2.91 bits per heavy atom. The lowest BCUT2D eigenvalue weighted by Gasteiger charge is -2.50. The van der Waals surface area contributed by atoms with E-state index in [1.807, 2.05) is 6.92 Å². The van der Waals surface area contributed by atoms with Crippen molar-refractivity contribution in [1.29, 1.82) is 0 Å². The summed E-state index contributed by atoms with van der Waals surface area (Å²) in [5, 5.41) is 18.8. The van der Waals surface area contributed by atoms with Crippen molar-refractivity contribution in [2.75, 3.05) is 6.79 Å². The fourth-order valence-electron chi connectivity index (χ4n) is 4.92. The van der Waals surface area contributed by atoms with Crippen molar-refractivity contribution in [3.05, 3.63) is 11.6 Å². The quantitative estimate of drug-likeness (QED) is 0.551. The van der Waals surface area contributed by atoms with Crippen LogP contribution in [0.5, 0.6) is 0 Å². The molecule has 128 valence electrons. The van der Waals surface area contributed by atoms with Gasteiger partial charge in [-0.1, -0.05) is 38.3 Å². The first-order chi connectivity index (χ1) is 10.5. The second-order valence-corrected chi connectivity index (χ2v) is 7.59. The number of fused-ring (bicyclic) bond motifs is 1. The molecule has 0 aromatic rings. The maximum atomic E-state index is 9.97. The highest BCUT2D eigenvalue weighted by atomic mass is 16.6. The normalized spacial score (nSPS) is 36.6. The lowest BCUT2D eigenvalue weighted by molar-refractivity contribution is -0.0465. The summed E-state index contributed by atoms with van der Waals surface area (Å²) >= 11 is 0. The van der Waals surface area contributed by atoms with E-state index in [0.717, 1.165) is 37.5 Å². The molecular weight excluding hydrogens is 276 g/mol. The summed E-state index contributed by atoms with van der Waals surface area (Å²) in [5.74, 6) is 1.50. The van der Waals surface area contributed by atoms with Gasteiger partial charge >= 0.3 is 0 Å². The summed E-state index contributed by atoms with van der Waals surface area (Å²) in [5.41, 5.74) is 1.83. The number of aliphatic hydroxyl groups is 2. The van der Waals surface area contributed by atoms with Gasteiger partial charge in [0.15, 0.2) is 0 Å². The summed E-state index contributed by atoms with van der Waals surface area (Å²) in [7, 11) is 0. The number of hydrogen-bond donors (Lipinski definition) is 2. The fraction of sp³-hybridized carbons (Fsp3) is 0.895. The molecule has 0 spiro atoms. The largest absolute Gasteiger partial charge is 0.393 e. The SMILES string of the molecule is CC[C@H]1[C@H](CCCC(C)OCO)CC=C2C[C@@H](O)CC[C@@]21C. The minimum atomic E-state index is -0.172. The van der Waals surface area contributed by atoms with Gasteiger partial charge in [0.25, 0.3) is 0 Å². The molecule has 0 aromatic heterocycles. The highest BCUT2D eigenvalue weighted by molar-refractivity contribution is 5.23. The molecule has 1 fully saturated rings. The lowest BCUT2D eigenvalue weighted by Crippen LogP contribution is -2.42. The summed E-state index contributed by atoms with van der Waals surface area (Å²) in [6.45, 7) is 6.63. The van der Waals surface area contributed by atoms with Crippen molar-refractivity contribution in [3.8, 4) is 0 Å². The highest BCUT2D eigenvalue weighted by Gasteiger charge is 2.45. The molecule has 3 nitrogen and oxygen atoms in total. The van der Waals surface area contributed by atoms with Crippen LogP contribution in [0.2, 0.25) is 0 Å². The zero-order valence-electron chi connectivity index (χ0n) is 14.6. The van der Waals surface area contributed by atoms with E-state index in [0.29, 0.717) is 5.41 Å². The molecule has 2 rings (SSSR count). The second-order valence-electron chi connectivity index (χ2n) is 7.59. The van der Waals surface area contributed by atoms with Gasteiger partial charge < -0.3 is 14.9 Å². The Morgan fingerprint density at radius 2 is 2.23 bits per heavy atom. The molecular formula is C19H34O3. The highest BCUT2D eigenvalue weighted by Crippen LogP contribution is 2.54. The standard InChI is InChI=1S/C19H34O3/c1-4-18-15(7-5-6-14(2)22-13-20)8-9-16-12-17(21)10-11-19(16,18)3/h9,14-15,17-18,20-21H,4-8,10-13H2,1-3H3/t14?,15-,17+,18+,19+/m1/s1. The third kappa shape index (κ3) is 3.93. The lowest BCUT2D eigenvalue weighted by atomic mass is 9.55. The topological polar surface area (TPSA) is 49.7 Å². The third-order valence-electron chi connectivity index (χ3n) is 6.22. The number of rotatable bonds is 7. The van der Waals surface area contributed by atoms with Gasteiger partial charge in [-0.15, -0.1) is 0 Å². The molecule has 2 N–H and O–H groups in total. The van der Waals surface area contributed by atoms with E-state index < -0.39 is 0 Å². The molecule has 3 heteroatoms. The predicted molar refractivity (Wildman–Crippen MR) is 89.4 cm³/mol. The van der Waals surface area contributed by atoms with Crippen molar-refractivity contribution < 1.29 is 14.9 Å². The zero-order chi connectivity index (χ0) is 16.2. The Hall–Kier alpha value is -0.380. The number of hydrogen-bond acceptors (Lipinski definition) is 3. The van der Waals surface area contributed by atoms with Crippen LogP contribution in [0.15, 0.2) is 11.6 Å². The van der Waals surface area contributed by atoms with Crippen molar-refractivity contribution in [1.82, 2.24) is 0 Å². The summed E-state index contributed by atoms with van der Waals surface area (Å²) in [4.78, 5) is 0. The molecule has 5 atom stereocenters. The molecule has 22 heavy (non-hydrogen) atoms. The Kier molecular flexibility index (Phi) is 6.48. The Bertz CT molecular complexity index is 379. The molecule has 0 saturated heterocycles. The molecule has 2 aliphatic carbocycles. The van der Waals surface area contributed by atoms with Crippen LogP contribution in [0.25, 0.3) is 0 Å². The first kappa shape index (κ1) is 18.0. The van der Waals surface area contributed by atoms with Crippen LogP contribution in [0.3, 0.4) is 0 Å². The van der Waals surface area contributed by atoms with Crippen LogP contribution in [-0.2, 0) is 4.74 Å². The smallest absolute Gasteiger partial charge is 0.143 e. The molecule has 0 radical (unpaired) electrons. The van der Waals surface area contributed by atoms with Gasteiger partial charge in [0.2, 0.25) is 0 Å². The average Bonchev–Trinajstić information content (AvgIpc) is 2.48. The Balaban J connectivity index is 1.95. The number of ether oxygens (including phenoxy) is 1. The minimum absolute atomic E-state index is 0.120. The zero-order valence-corrected chi connectivity index (χ0v) is 14.6. The maximum Gasteiger partial charge on any atom is 0.143 e. The van der Waals surface area contributed by atoms with E-state index in [1.165, 1.54) is 31.3 Å². The van der Waals surface area contributed by atoms with Crippen molar-refractivity contribution in [3.63, 3.8) is 0 Å². The van der Waals surface area contributed by atoms with Gasteiger partial charge in [-0.05, 0) is 62.7 Å². The molecule has 0 aromatic carbocycles. The van der Waals surface area contributed by atoms with Crippen molar-refractivity contribution in [2.24, 2.45) is 17.3 Å². The van der Waals surface area contributed by atoms with E-state index in [-0.39, 0.29) is 19.0 Å². The Labute approximate surface area is 135 Å². The summed E-state index contributed by atoms with van der Waals surface area (Å²) < 4.78 is 5.22. The fourth-order valence-corrected chi connectivity index (χ4v) is 4.92. The third-order valence-corrected chi connectivity index (χ3v) is 6.22. The van der Waals surface area contributed by atoms with Crippen LogP contribution < -0.4 is 0 Å². The molecule has 1 unspecified atom stereocenters. The Morgan fingerprint density at radius 1 is 1.45 bits per heavy atom. The van der Waals surface area contributed by atoms with Gasteiger partial charge in [-0.2, -0.15) is 0 Å². The van der Waals surface area contributed by atoms with Gasteiger partial charge in [-0.25, -0.2) is 0 Å². The van der Waals surface area contributed by atoms with Crippen molar-refractivity contribution in [2.45, 2.75) is 84.3 Å². The molecule has 2 aliphatic rings. The molecule has 1 saturated carbocycles. The molecule has 0 aliphatic heterocycles. The second kappa shape index (κ2) is 7.94. The summed E-state index contributed by atoms with van der Waals surface area (Å²) in [6, 6.07) is 0. The van der Waals surface area contributed by atoms with E-state index in [2.05, 4.69) is 19.9 Å².